The quantitative estimate of drug-likeness (QED) is 0.438. The third-order valence-electron chi connectivity index (χ3n) is 4.28. The lowest BCUT2D eigenvalue weighted by Crippen LogP contribution is -1.99. The van der Waals surface area contributed by atoms with E-state index in [1.54, 1.807) is 6.07 Å². The Morgan fingerprint density at radius 1 is 0.926 bits per heavy atom. The largest absolute Gasteiger partial charge is 0.381 e. The van der Waals surface area contributed by atoms with E-state index in [1.165, 1.54) is 12.1 Å². The van der Waals surface area contributed by atoms with Gasteiger partial charge in [-0.15, -0.1) is 0 Å². The lowest BCUT2D eigenvalue weighted by Gasteiger charge is -2.07. The molecule has 3 nitrogen and oxygen atoms in total. The first-order valence-electron chi connectivity index (χ1n) is 8.57. The number of H-pyrrole nitrogens is 1. The molecule has 0 aliphatic heterocycles. The average Bonchev–Trinajstić information content (AvgIpc) is 3.18. The minimum atomic E-state index is -0.223. The van der Waals surface area contributed by atoms with Crippen molar-refractivity contribution in [2.75, 3.05) is 5.32 Å². The first-order chi connectivity index (χ1) is 13.2. The number of rotatable bonds is 5. The minimum absolute atomic E-state index is 0.223. The molecule has 1 aromatic heterocycles. The molecule has 0 spiro atoms. The van der Waals surface area contributed by atoms with E-state index in [9.17, 15) is 4.39 Å². The van der Waals surface area contributed by atoms with Gasteiger partial charge in [0.1, 0.15) is 11.6 Å². The Morgan fingerprint density at radius 2 is 1.67 bits per heavy atom. The van der Waals surface area contributed by atoms with Gasteiger partial charge >= 0.3 is 0 Å². The Balaban J connectivity index is 1.45. The van der Waals surface area contributed by atoms with Crippen molar-refractivity contribution in [2.24, 2.45) is 0 Å². The molecular weight excluding hydrogens is 361 g/mol. The van der Waals surface area contributed by atoms with E-state index in [-0.39, 0.29) is 5.82 Å². The van der Waals surface area contributed by atoms with Gasteiger partial charge in [-0.2, -0.15) is 0 Å². The summed E-state index contributed by atoms with van der Waals surface area (Å²) >= 11 is 5.94. The van der Waals surface area contributed by atoms with Crippen LogP contribution in [0.5, 0.6) is 0 Å². The highest BCUT2D eigenvalue weighted by atomic mass is 35.5. The van der Waals surface area contributed by atoms with E-state index >= 15 is 0 Å². The zero-order chi connectivity index (χ0) is 18.6. The fourth-order valence-corrected chi connectivity index (χ4v) is 2.97. The summed E-state index contributed by atoms with van der Waals surface area (Å²) in [6.07, 6.45) is 1.81. The summed E-state index contributed by atoms with van der Waals surface area (Å²) in [6.45, 7) is 0.568. The van der Waals surface area contributed by atoms with Gasteiger partial charge < -0.3 is 10.3 Å². The van der Waals surface area contributed by atoms with Crippen LogP contribution in [-0.4, -0.2) is 9.97 Å². The van der Waals surface area contributed by atoms with E-state index in [4.69, 9.17) is 11.6 Å². The van der Waals surface area contributed by atoms with Crippen molar-refractivity contribution < 1.29 is 4.39 Å². The Hall–Kier alpha value is -3.11. The van der Waals surface area contributed by atoms with Crippen molar-refractivity contribution in [1.29, 1.82) is 0 Å². The standard InChI is InChI=1S/C22H17ClFN3/c23-18-8-4-16(5-9-18)21-14-26-22(27-21)17-6-10-20(11-7-17)25-13-15-2-1-3-19(24)12-15/h1-12,14,25H,13H2,(H,26,27). The second kappa shape index (κ2) is 7.64. The average molecular weight is 378 g/mol. The van der Waals surface area contributed by atoms with E-state index < -0.39 is 0 Å². The first-order valence-corrected chi connectivity index (χ1v) is 8.95. The van der Waals surface area contributed by atoms with Gasteiger partial charge in [0.25, 0.3) is 0 Å². The number of aromatic amines is 1. The molecule has 0 fully saturated rings. The minimum Gasteiger partial charge on any atom is -0.381 e. The number of halogens is 2. The molecule has 0 bridgehead atoms. The maximum Gasteiger partial charge on any atom is 0.137 e. The maximum absolute atomic E-state index is 13.2. The van der Waals surface area contributed by atoms with E-state index in [0.717, 1.165) is 33.9 Å². The summed E-state index contributed by atoms with van der Waals surface area (Å²) in [7, 11) is 0. The predicted octanol–water partition coefficient (Wildman–Crippen LogP) is 6.15. The highest BCUT2D eigenvalue weighted by Crippen LogP contribution is 2.24. The molecule has 0 saturated heterocycles. The Kier molecular flexibility index (Phi) is 4.90. The Morgan fingerprint density at radius 3 is 2.41 bits per heavy atom. The van der Waals surface area contributed by atoms with Crippen LogP contribution in [0.25, 0.3) is 22.6 Å². The predicted molar refractivity (Wildman–Crippen MR) is 108 cm³/mol. The smallest absolute Gasteiger partial charge is 0.137 e. The van der Waals surface area contributed by atoms with Gasteiger partial charge in [0.2, 0.25) is 0 Å². The van der Waals surface area contributed by atoms with Crippen molar-refractivity contribution in [1.82, 2.24) is 9.97 Å². The van der Waals surface area contributed by atoms with E-state index in [2.05, 4.69) is 15.3 Å². The molecule has 0 radical (unpaired) electrons. The third-order valence-corrected chi connectivity index (χ3v) is 4.53. The molecule has 4 rings (SSSR count). The van der Waals surface area contributed by atoms with Crippen molar-refractivity contribution in [2.45, 2.75) is 6.54 Å². The molecule has 27 heavy (non-hydrogen) atoms. The fraction of sp³-hybridized carbons (Fsp3) is 0.0455. The maximum atomic E-state index is 13.2. The molecule has 1 heterocycles. The molecule has 0 unspecified atom stereocenters. The zero-order valence-electron chi connectivity index (χ0n) is 14.4. The fourth-order valence-electron chi connectivity index (χ4n) is 2.84. The van der Waals surface area contributed by atoms with Crippen molar-refractivity contribution in [3.05, 3.63) is 95.4 Å². The van der Waals surface area contributed by atoms with Crippen LogP contribution in [0.3, 0.4) is 0 Å². The monoisotopic (exact) mass is 377 g/mol. The topological polar surface area (TPSA) is 40.7 Å². The van der Waals surface area contributed by atoms with Crippen LogP contribution >= 0.6 is 11.6 Å². The van der Waals surface area contributed by atoms with Crippen LogP contribution in [0.1, 0.15) is 5.56 Å². The van der Waals surface area contributed by atoms with E-state index in [1.807, 2.05) is 60.8 Å². The highest BCUT2D eigenvalue weighted by molar-refractivity contribution is 6.30. The van der Waals surface area contributed by atoms with Gasteiger partial charge in [-0.1, -0.05) is 35.9 Å². The van der Waals surface area contributed by atoms with Crippen molar-refractivity contribution >= 4 is 17.3 Å². The second-order valence-electron chi connectivity index (χ2n) is 6.21. The summed E-state index contributed by atoms with van der Waals surface area (Å²) in [4.78, 5) is 7.80. The van der Waals surface area contributed by atoms with Crippen molar-refractivity contribution in [3.63, 3.8) is 0 Å². The summed E-state index contributed by atoms with van der Waals surface area (Å²) < 4.78 is 13.2. The first kappa shape index (κ1) is 17.3. The normalized spacial score (nSPS) is 10.7. The van der Waals surface area contributed by atoms with Crippen LogP contribution in [0.2, 0.25) is 5.02 Å². The van der Waals surface area contributed by atoms with Gasteiger partial charge in [-0.25, -0.2) is 9.37 Å². The number of hydrogen-bond acceptors (Lipinski definition) is 2. The summed E-state index contributed by atoms with van der Waals surface area (Å²) in [5.74, 6) is 0.579. The molecule has 4 aromatic rings. The Labute approximate surface area is 161 Å². The molecule has 0 saturated carbocycles. The SMILES string of the molecule is Fc1cccc(CNc2ccc(-c3ncc(-c4ccc(Cl)cc4)[nH]3)cc2)c1. The summed E-state index contributed by atoms with van der Waals surface area (Å²) in [6, 6.07) is 22.2. The number of hydrogen-bond donors (Lipinski definition) is 2. The number of nitrogens with one attached hydrogen (secondary N) is 2. The van der Waals surface area contributed by atoms with Crippen LogP contribution in [0.15, 0.2) is 79.0 Å². The van der Waals surface area contributed by atoms with Gasteiger partial charge in [-0.05, 0) is 59.7 Å². The van der Waals surface area contributed by atoms with Crippen LogP contribution < -0.4 is 5.32 Å². The second-order valence-corrected chi connectivity index (χ2v) is 6.65. The molecule has 0 aliphatic rings. The van der Waals surface area contributed by atoms with Gasteiger partial charge in [0, 0.05) is 22.8 Å². The van der Waals surface area contributed by atoms with Crippen LogP contribution in [0.4, 0.5) is 10.1 Å². The molecule has 0 aliphatic carbocycles. The molecule has 0 amide bonds. The van der Waals surface area contributed by atoms with Crippen LogP contribution in [-0.2, 0) is 6.54 Å². The molecule has 0 atom stereocenters. The van der Waals surface area contributed by atoms with E-state index in [0.29, 0.717) is 11.6 Å². The van der Waals surface area contributed by atoms with Gasteiger partial charge in [0.15, 0.2) is 0 Å². The van der Waals surface area contributed by atoms with Crippen LogP contribution in [0, 0.1) is 5.82 Å². The Bertz CT molecular complexity index is 1040. The van der Waals surface area contributed by atoms with Gasteiger partial charge in [-0.3, -0.25) is 0 Å². The number of nitrogens with zero attached hydrogens (tertiary/aromatic N) is 1. The number of benzene rings is 3. The lowest BCUT2D eigenvalue weighted by atomic mass is 10.1. The molecule has 134 valence electrons. The number of anilines is 1. The number of aromatic nitrogens is 2. The molecular formula is C22H17ClFN3. The lowest BCUT2D eigenvalue weighted by molar-refractivity contribution is 0.626. The zero-order valence-corrected chi connectivity index (χ0v) is 15.2. The molecule has 2 N–H and O–H groups in total. The summed E-state index contributed by atoms with van der Waals surface area (Å²) in [5, 5.41) is 4.00. The molecule has 3 aromatic carbocycles. The van der Waals surface area contributed by atoms with Crippen molar-refractivity contribution in [3.8, 4) is 22.6 Å². The highest BCUT2D eigenvalue weighted by Gasteiger charge is 2.06. The molecule has 5 heteroatoms. The summed E-state index contributed by atoms with van der Waals surface area (Å²) in [5.41, 5.74) is 4.83. The van der Waals surface area contributed by atoms with Gasteiger partial charge in [0.05, 0.1) is 11.9 Å². The third kappa shape index (κ3) is 4.18. The number of imidazole rings is 1.